The van der Waals surface area contributed by atoms with Crippen LogP contribution in [-0.4, -0.2) is 37.1 Å². The molecule has 0 bridgehead atoms. The Morgan fingerprint density at radius 3 is 2.84 bits per heavy atom. The SMILES string of the molecule is CN1CCC(N[C@@H]2C[C@@]23CCc2ccccc23)CC1. The van der Waals surface area contributed by atoms with Gasteiger partial charge in [-0.3, -0.25) is 0 Å². The van der Waals surface area contributed by atoms with Gasteiger partial charge in [-0.25, -0.2) is 0 Å². The van der Waals surface area contributed by atoms with Gasteiger partial charge in [0.15, 0.2) is 0 Å². The van der Waals surface area contributed by atoms with Crippen LogP contribution in [0.5, 0.6) is 0 Å². The number of nitrogens with zero attached hydrogens (tertiary/aromatic N) is 1. The van der Waals surface area contributed by atoms with Crippen LogP contribution in [0.2, 0.25) is 0 Å². The van der Waals surface area contributed by atoms with Gasteiger partial charge in [0.05, 0.1) is 0 Å². The number of fused-ring (bicyclic) bond motifs is 2. The van der Waals surface area contributed by atoms with Crippen molar-refractivity contribution in [3.8, 4) is 0 Å². The minimum absolute atomic E-state index is 0.514. The number of rotatable bonds is 2. The fourth-order valence-electron chi connectivity index (χ4n) is 4.27. The first kappa shape index (κ1) is 11.9. The van der Waals surface area contributed by atoms with Gasteiger partial charge < -0.3 is 10.2 Å². The minimum atomic E-state index is 0.514. The summed E-state index contributed by atoms with van der Waals surface area (Å²) >= 11 is 0. The second kappa shape index (κ2) is 4.32. The molecule has 1 spiro atoms. The van der Waals surface area contributed by atoms with Crippen molar-refractivity contribution in [3.05, 3.63) is 35.4 Å². The molecule has 0 amide bonds. The van der Waals surface area contributed by atoms with Crippen molar-refractivity contribution in [1.29, 1.82) is 0 Å². The van der Waals surface area contributed by atoms with Crippen LogP contribution in [0.1, 0.15) is 36.8 Å². The standard InChI is InChI=1S/C17H24N2/c1-19-10-7-14(8-11-19)18-16-12-17(16)9-6-13-4-2-3-5-15(13)17/h2-5,14,16,18H,6-12H2,1H3/t16-,17-/m1/s1. The van der Waals surface area contributed by atoms with Gasteiger partial charge in [-0.05, 0) is 63.4 Å². The van der Waals surface area contributed by atoms with Crippen molar-refractivity contribution in [3.63, 3.8) is 0 Å². The maximum absolute atomic E-state index is 3.96. The molecule has 2 fully saturated rings. The van der Waals surface area contributed by atoms with E-state index in [1.807, 2.05) is 0 Å². The van der Waals surface area contributed by atoms with E-state index >= 15 is 0 Å². The van der Waals surface area contributed by atoms with Gasteiger partial charge in [-0.2, -0.15) is 0 Å². The Balaban J connectivity index is 1.44. The van der Waals surface area contributed by atoms with Gasteiger partial charge >= 0.3 is 0 Å². The molecule has 2 atom stereocenters. The van der Waals surface area contributed by atoms with E-state index in [4.69, 9.17) is 0 Å². The molecule has 1 aliphatic heterocycles. The molecule has 1 saturated heterocycles. The lowest BCUT2D eigenvalue weighted by molar-refractivity contribution is 0.231. The van der Waals surface area contributed by atoms with Crippen LogP contribution in [0.3, 0.4) is 0 Å². The quantitative estimate of drug-likeness (QED) is 0.873. The third-order valence-electron chi connectivity index (χ3n) is 5.62. The summed E-state index contributed by atoms with van der Waals surface area (Å²) < 4.78 is 0. The lowest BCUT2D eigenvalue weighted by atomic mass is 9.97. The van der Waals surface area contributed by atoms with Crippen LogP contribution in [0.15, 0.2) is 24.3 Å². The van der Waals surface area contributed by atoms with Crippen molar-refractivity contribution in [2.45, 2.75) is 49.6 Å². The average molecular weight is 256 g/mol. The molecule has 1 aromatic rings. The molecule has 4 rings (SSSR count). The molecule has 2 nitrogen and oxygen atoms in total. The zero-order chi connectivity index (χ0) is 12.9. The normalized spacial score (nSPS) is 34.7. The highest BCUT2D eigenvalue weighted by atomic mass is 15.1. The number of nitrogens with one attached hydrogen (secondary N) is 1. The number of hydrogen-bond donors (Lipinski definition) is 1. The summed E-state index contributed by atoms with van der Waals surface area (Å²) in [5, 5.41) is 3.96. The molecule has 0 unspecified atom stereocenters. The molecule has 1 aromatic carbocycles. The highest BCUT2D eigenvalue weighted by molar-refractivity contribution is 5.46. The highest BCUT2D eigenvalue weighted by Gasteiger charge is 2.58. The molecule has 0 aromatic heterocycles. The Morgan fingerprint density at radius 2 is 2.00 bits per heavy atom. The van der Waals surface area contributed by atoms with Gasteiger partial charge in [-0.1, -0.05) is 24.3 Å². The van der Waals surface area contributed by atoms with Crippen LogP contribution >= 0.6 is 0 Å². The van der Waals surface area contributed by atoms with Crippen molar-refractivity contribution < 1.29 is 0 Å². The summed E-state index contributed by atoms with van der Waals surface area (Å²) in [6.45, 7) is 2.52. The van der Waals surface area contributed by atoms with E-state index in [1.165, 1.54) is 45.2 Å². The number of likely N-dealkylation sites (tertiary alicyclic amines) is 1. The number of piperidine rings is 1. The topological polar surface area (TPSA) is 15.3 Å². The molecule has 1 heterocycles. The van der Waals surface area contributed by atoms with E-state index in [0.717, 1.165) is 12.1 Å². The molecule has 0 radical (unpaired) electrons. The summed E-state index contributed by atoms with van der Waals surface area (Å²) in [5.41, 5.74) is 3.77. The van der Waals surface area contributed by atoms with Crippen molar-refractivity contribution >= 4 is 0 Å². The van der Waals surface area contributed by atoms with Gasteiger partial charge in [0.1, 0.15) is 0 Å². The van der Waals surface area contributed by atoms with Crippen LogP contribution in [-0.2, 0) is 11.8 Å². The molecule has 3 aliphatic rings. The fourth-order valence-corrected chi connectivity index (χ4v) is 4.27. The first-order valence-corrected chi connectivity index (χ1v) is 7.81. The average Bonchev–Trinajstić information content (AvgIpc) is 3.00. The Morgan fingerprint density at radius 1 is 1.21 bits per heavy atom. The fraction of sp³-hybridized carbons (Fsp3) is 0.647. The predicted octanol–water partition coefficient (Wildman–Crippen LogP) is 2.33. The van der Waals surface area contributed by atoms with E-state index in [-0.39, 0.29) is 0 Å². The van der Waals surface area contributed by atoms with Gasteiger partial charge in [0, 0.05) is 17.5 Å². The molecule has 1 N–H and O–H groups in total. The molecule has 1 saturated carbocycles. The van der Waals surface area contributed by atoms with Crippen molar-refractivity contribution in [2.24, 2.45) is 0 Å². The number of aryl methyl sites for hydroxylation is 1. The molecular formula is C17H24N2. The second-order valence-electron chi connectivity index (χ2n) is 6.81. The van der Waals surface area contributed by atoms with E-state index in [9.17, 15) is 0 Å². The smallest absolute Gasteiger partial charge is 0.0176 e. The third-order valence-corrected chi connectivity index (χ3v) is 5.62. The summed E-state index contributed by atoms with van der Waals surface area (Å²) in [7, 11) is 2.24. The summed E-state index contributed by atoms with van der Waals surface area (Å²) in [5.74, 6) is 0. The van der Waals surface area contributed by atoms with E-state index in [0.29, 0.717) is 5.41 Å². The molecule has 2 heteroatoms. The molecule has 2 aliphatic carbocycles. The zero-order valence-electron chi connectivity index (χ0n) is 11.9. The van der Waals surface area contributed by atoms with Crippen LogP contribution in [0, 0.1) is 0 Å². The number of hydrogen-bond acceptors (Lipinski definition) is 2. The van der Waals surface area contributed by atoms with Crippen LogP contribution < -0.4 is 5.32 Å². The Bertz CT molecular complexity index is 476. The second-order valence-corrected chi connectivity index (χ2v) is 6.81. The van der Waals surface area contributed by atoms with Crippen LogP contribution in [0.4, 0.5) is 0 Å². The monoisotopic (exact) mass is 256 g/mol. The molecule has 19 heavy (non-hydrogen) atoms. The Kier molecular flexibility index (Phi) is 2.71. The maximum atomic E-state index is 3.96. The van der Waals surface area contributed by atoms with E-state index in [2.05, 4.69) is 41.5 Å². The highest BCUT2D eigenvalue weighted by Crippen LogP contribution is 2.56. The zero-order valence-corrected chi connectivity index (χ0v) is 11.9. The summed E-state index contributed by atoms with van der Waals surface area (Å²) in [6, 6.07) is 10.6. The lowest BCUT2D eigenvalue weighted by Gasteiger charge is -2.30. The molecule has 102 valence electrons. The minimum Gasteiger partial charge on any atom is -0.310 e. The van der Waals surface area contributed by atoms with E-state index in [1.54, 1.807) is 11.1 Å². The first-order chi connectivity index (χ1) is 9.28. The number of benzene rings is 1. The predicted molar refractivity (Wildman–Crippen MR) is 78.5 cm³/mol. The van der Waals surface area contributed by atoms with E-state index < -0.39 is 0 Å². The van der Waals surface area contributed by atoms with Gasteiger partial charge in [-0.15, -0.1) is 0 Å². The third kappa shape index (κ3) is 1.93. The first-order valence-electron chi connectivity index (χ1n) is 7.81. The Labute approximate surface area is 116 Å². The maximum Gasteiger partial charge on any atom is 0.0176 e. The summed E-state index contributed by atoms with van der Waals surface area (Å²) in [4.78, 5) is 2.45. The largest absolute Gasteiger partial charge is 0.310 e. The Hall–Kier alpha value is -0.860. The van der Waals surface area contributed by atoms with Crippen molar-refractivity contribution in [1.82, 2.24) is 10.2 Å². The van der Waals surface area contributed by atoms with Crippen LogP contribution in [0.25, 0.3) is 0 Å². The van der Waals surface area contributed by atoms with Gasteiger partial charge in [0.25, 0.3) is 0 Å². The molecular weight excluding hydrogens is 232 g/mol. The summed E-state index contributed by atoms with van der Waals surface area (Å²) in [6.07, 6.45) is 6.68. The van der Waals surface area contributed by atoms with Gasteiger partial charge in [0.2, 0.25) is 0 Å². The lowest BCUT2D eigenvalue weighted by Crippen LogP contribution is -2.43. The van der Waals surface area contributed by atoms with Crippen molar-refractivity contribution in [2.75, 3.05) is 20.1 Å².